The Morgan fingerprint density at radius 3 is 2.75 bits per heavy atom. The van der Waals surface area contributed by atoms with Crippen LogP contribution in [0, 0.1) is 5.92 Å². The quantitative estimate of drug-likeness (QED) is 0.819. The van der Waals surface area contributed by atoms with Crippen LogP contribution in [0.15, 0.2) is 4.99 Å². The zero-order valence-electron chi connectivity index (χ0n) is 11.2. The SMILES string of the molecule is CC(CCN(C)C)NC1=NC(C)C(C)CS1. The Balaban J connectivity index is 2.34. The first-order valence-corrected chi connectivity index (χ1v) is 7.09. The Bertz CT molecular complexity index is 240. The van der Waals surface area contributed by atoms with Crippen LogP contribution in [0.2, 0.25) is 0 Å². The Hall–Kier alpha value is -0.220. The zero-order chi connectivity index (χ0) is 12.1. The van der Waals surface area contributed by atoms with Crippen molar-refractivity contribution in [3.05, 3.63) is 0 Å². The third kappa shape index (κ3) is 4.74. The minimum absolute atomic E-state index is 0.463. The molecule has 0 aromatic carbocycles. The van der Waals surface area contributed by atoms with Crippen molar-refractivity contribution in [1.29, 1.82) is 0 Å². The topological polar surface area (TPSA) is 27.6 Å². The number of thioether (sulfide) groups is 1. The lowest BCUT2D eigenvalue weighted by Gasteiger charge is -2.26. The highest BCUT2D eigenvalue weighted by molar-refractivity contribution is 8.13. The predicted molar refractivity (Wildman–Crippen MR) is 74.3 cm³/mol. The van der Waals surface area contributed by atoms with Gasteiger partial charge in [-0.25, -0.2) is 0 Å². The normalized spacial score (nSPS) is 27.8. The second-order valence-electron chi connectivity index (χ2n) is 5.10. The molecule has 0 saturated carbocycles. The summed E-state index contributed by atoms with van der Waals surface area (Å²) in [5.74, 6) is 1.89. The van der Waals surface area contributed by atoms with E-state index in [0.717, 1.165) is 18.1 Å². The summed E-state index contributed by atoms with van der Waals surface area (Å²) < 4.78 is 0. The van der Waals surface area contributed by atoms with Crippen molar-refractivity contribution < 1.29 is 0 Å². The number of nitrogens with zero attached hydrogens (tertiary/aromatic N) is 2. The average Bonchev–Trinajstić information content (AvgIpc) is 2.21. The lowest BCUT2D eigenvalue weighted by molar-refractivity contribution is 0.379. The van der Waals surface area contributed by atoms with E-state index in [1.807, 2.05) is 11.8 Å². The predicted octanol–water partition coefficient (Wildman–Crippen LogP) is 2.04. The van der Waals surface area contributed by atoms with Crippen molar-refractivity contribution in [2.75, 3.05) is 26.4 Å². The Labute approximate surface area is 104 Å². The van der Waals surface area contributed by atoms with Gasteiger partial charge in [0.05, 0.1) is 6.04 Å². The Kier molecular flexibility index (Phi) is 5.62. The molecule has 1 N–H and O–H groups in total. The summed E-state index contributed by atoms with van der Waals surface area (Å²) in [6.45, 7) is 7.83. The fourth-order valence-electron chi connectivity index (χ4n) is 1.51. The first-order chi connectivity index (χ1) is 7.49. The van der Waals surface area contributed by atoms with Crippen LogP contribution in [0.3, 0.4) is 0 Å². The molecule has 0 aliphatic carbocycles. The van der Waals surface area contributed by atoms with Crippen molar-refractivity contribution in [2.24, 2.45) is 10.9 Å². The summed E-state index contributed by atoms with van der Waals surface area (Å²) in [4.78, 5) is 6.91. The van der Waals surface area contributed by atoms with Crippen molar-refractivity contribution in [1.82, 2.24) is 10.2 Å². The largest absolute Gasteiger partial charge is 0.362 e. The molecule has 0 radical (unpaired) electrons. The lowest BCUT2D eigenvalue weighted by Crippen LogP contribution is -2.37. The minimum atomic E-state index is 0.463. The van der Waals surface area contributed by atoms with Gasteiger partial charge in [-0.2, -0.15) is 0 Å². The van der Waals surface area contributed by atoms with Gasteiger partial charge in [-0.1, -0.05) is 18.7 Å². The molecule has 1 aliphatic rings. The molecule has 0 amide bonds. The zero-order valence-corrected chi connectivity index (χ0v) is 12.0. The number of hydrogen-bond acceptors (Lipinski definition) is 4. The molecule has 3 atom stereocenters. The fourth-order valence-corrected chi connectivity index (χ4v) is 2.74. The van der Waals surface area contributed by atoms with Gasteiger partial charge in [0.25, 0.3) is 0 Å². The first-order valence-electron chi connectivity index (χ1n) is 6.11. The van der Waals surface area contributed by atoms with Crippen LogP contribution in [0.5, 0.6) is 0 Å². The van der Waals surface area contributed by atoms with E-state index in [4.69, 9.17) is 0 Å². The molecule has 1 heterocycles. The van der Waals surface area contributed by atoms with Crippen LogP contribution in [-0.2, 0) is 0 Å². The Morgan fingerprint density at radius 2 is 2.19 bits per heavy atom. The van der Waals surface area contributed by atoms with E-state index in [-0.39, 0.29) is 0 Å². The molecule has 0 spiro atoms. The molecule has 94 valence electrons. The van der Waals surface area contributed by atoms with E-state index in [1.165, 1.54) is 5.75 Å². The minimum Gasteiger partial charge on any atom is -0.362 e. The maximum absolute atomic E-state index is 4.69. The number of aliphatic imine (C=N–C) groups is 1. The maximum atomic E-state index is 4.69. The standard InChI is InChI=1S/C12H25N3S/c1-9-8-16-12(14-11(9)3)13-10(2)6-7-15(4)5/h9-11H,6-8H2,1-5H3,(H,13,14). The van der Waals surface area contributed by atoms with E-state index in [1.54, 1.807) is 0 Å². The summed E-state index contributed by atoms with van der Waals surface area (Å²) >= 11 is 1.86. The van der Waals surface area contributed by atoms with E-state index in [0.29, 0.717) is 18.0 Å². The monoisotopic (exact) mass is 243 g/mol. The van der Waals surface area contributed by atoms with Crippen LogP contribution in [-0.4, -0.2) is 48.5 Å². The summed E-state index contributed by atoms with van der Waals surface area (Å²) in [5, 5.41) is 4.65. The van der Waals surface area contributed by atoms with Gasteiger partial charge in [0.2, 0.25) is 0 Å². The molecule has 3 nitrogen and oxygen atoms in total. The van der Waals surface area contributed by atoms with Gasteiger partial charge in [-0.05, 0) is 46.8 Å². The van der Waals surface area contributed by atoms with Crippen LogP contribution in [0.4, 0.5) is 0 Å². The molecule has 4 heteroatoms. The highest BCUT2D eigenvalue weighted by atomic mass is 32.2. The highest BCUT2D eigenvalue weighted by Crippen LogP contribution is 2.21. The fraction of sp³-hybridized carbons (Fsp3) is 0.917. The Morgan fingerprint density at radius 1 is 1.50 bits per heavy atom. The van der Waals surface area contributed by atoms with Crippen molar-refractivity contribution in [3.8, 4) is 0 Å². The molecule has 0 aromatic rings. The molecule has 1 rings (SSSR count). The van der Waals surface area contributed by atoms with Crippen molar-refractivity contribution >= 4 is 16.9 Å². The molecule has 3 unspecified atom stereocenters. The molecule has 1 aliphatic heterocycles. The molecular weight excluding hydrogens is 218 g/mol. The number of amidine groups is 1. The van der Waals surface area contributed by atoms with Gasteiger partial charge in [0.1, 0.15) is 0 Å². The van der Waals surface area contributed by atoms with Gasteiger partial charge in [-0.3, -0.25) is 4.99 Å². The molecule has 16 heavy (non-hydrogen) atoms. The number of hydrogen-bond donors (Lipinski definition) is 1. The number of rotatable bonds is 4. The van der Waals surface area contributed by atoms with Crippen molar-refractivity contribution in [3.63, 3.8) is 0 Å². The second-order valence-corrected chi connectivity index (χ2v) is 6.11. The third-order valence-electron chi connectivity index (χ3n) is 3.01. The first kappa shape index (κ1) is 13.8. The van der Waals surface area contributed by atoms with Crippen LogP contribution in [0.25, 0.3) is 0 Å². The number of nitrogens with one attached hydrogen (secondary N) is 1. The summed E-state index contributed by atoms with van der Waals surface area (Å²) in [6, 6.07) is 0.971. The summed E-state index contributed by atoms with van der Waals surface area (Å²) in [7, 11) is 4.23. The van der Waals surface area contributed by atoms with Gasteiger partial charge < -0.3 is 10.2 Å². The van der Waals surface area contributed by atoms with Crippen molar-refractivity contribution in [2.45, 2.75) is 39.3 Å². The maximum Gasteiger partial charge on any atom is 0.157 e. The average molecular weight is 243 g/mol. The van der Waals surface area contributed by atoms with E-state index < -0.39 is 0 Å². The second kappa shape index (κ2) is 6.50. The lowest BCUT2D eigenvalue weighted by atomic mass is 10.1. The highest BCUT2D eigenvalue weighted by Gasteiger charge is 2.19. The molecule has 0 fully saturated rings. The van der Waals surface area contributed by atoms with Gasteiger partial charge in [0.15, 0.2) is 5.17 Å². The molecule has 0 saturated heterocycles. The van der Waals surface area contributed by atoms with Gasteiger partial charge >= 0.3 is 0 Å². The van der Waals surface area contributed by atoms with E-state index in [2.05, 4.69) is 50.1 Å². The van der Waals surface area contributed by atoms with Gasteiger partial charge in [-0.15, -0.1) is 0 Å². The third-order valence-corrected chi connectivity index (χ3v) is 4.20. The molecule has 0 aromatic heterocycles. The van der Waals surface area contributed by atoms with E-state index >= 15 is 0 Å². The van der Waals surface area contributed by atoms with Gasteiger partial charge in [0, 0.05) is 11.8 Å². The van der Waals surface area contributed by atoms with Crippen LogP contribution >= 0.6 is 11.8 Å². The van der Waals surface area contributed by atoms with E-state index in [9.17, 15) is 0 Å². The summed E-state index contributed by atoms with van der Waals surface area (Å²) in [6.07, 6.45) is 1.16. The smallest absolute Gasteiger partial charge is 0.157 e. The summed E-state index contributed by atoms with van der Waals surface area (Å²) in [5.41, 5.74) is 0. The molecular formula is C12H25N3S. The molecule has 0 bridgehead atoms. The van der Waals surface area contributed by atoms with Crippen LogP contribution < -0.4 is 5.32 Å². The van der Waals surface area contributed by atoms with Crippen LogP contribution in [0.1, 0.15) is 27.2 Å².